The minimum absolute atomic E-state index is 0.0386. The lowest BCUT2D eigenvalue weighted by atomic mass is 10.0. The van der Waals surface area contributed by atoms with Crippen molar-refractivity contribution in [2.75, 3.05) is 54.1 Å². The first-order valence-corrected chi connectivity index (χ1v) is 15.0. The summed E-state index contributed by atoms with van der Waals surface area (Å²) in [5.41, 5.74) is 0. The summed E-state index contributed by atoms with van der Waals surface area (Å²) >= 11 is 0. The maximum atomic E-state index is 11.6. The van der Waals surface area contributed by atoms with E-state index >= 15 is 0 Å². The quantitative estimate of drug-likeness (QED) is 0.0774. The molecule has 0 aromatic carbocycles. The highest BCUT2D eigenvalue weighted by atomic mass is 31.2. The number of rotatable bonds is 26. The molecule has 204 valence electrons. The van der Waals surface area contributed by atoms with Crippen LogP contribution in [0.25, 0.3) is 0 Å². The van der Waals surface area contributed by atoms with Crippen molar-refractivity contribution in [2.45, 2.75) is 110 Å². The zero-order chi connectivity index (χ0) is 25.5. The largest absolute Gasteiger partial charge is 0.381 e. The number of Topliss-reactive ketones (excluding diaryl/α,β-unsaturated/α-hetero) is 1. The molecule has 34 heavy (non-hydrogen) atoms. The Morgan fingerprint density at radius 2 is 1.26 bits per heavy atom. The Bertz CT molecular complexity index is 459. The lowest BCUT2D eigenvalue weighted by Gasteiger charge is -2.24. The van der Waals surface area contributed by atoms with Crippen molar-refractivity contribution in [3.05, 3.63) is 0 Å². The van der Waals surface area contributed by atoms with Crippen LogP contribution >= 0.6 is 8.60 Å². The third-order valence-corrected chi connectivity index (χ3v) is 6.73. The molecule has 0 rings (SSSR count). The van der Waals surface area contributed by atoms with Gasteiger partial charge in [0.1, 0.15) is 18.9 Å². The van der Waals surface area contributed by atoms with Crippen LogP contribution in [0.5, 0.6) is 0 Å². The van der Waals surface area contributed by atoms with Gasteiger partial charge in [-0.15, -0.1) is 0 Å². The fraction of sp³-hybridized carbons (Fsp3) is 0.963. The molecule has 0 saturated heterocycles. The number of ether oxygens (including phenoxy) is 1. The lowest BCUT2D eigenvalue weighted by Crippen LogP contribution is -2.37. The molecule has 0 radical (unpaired) electrons. The molecular formula is C27H57NO5P+. The Labute approximate surface area is 212 Å². The van der Waals surface area contributed by atoms with Gasteiger partial charge >= 0.3 is 8.60 Å². The van der Waals surface area contributed by atoms with Gasteiger partial charge in [0.25, 0.3) is 0 Å². The van der Waals surface area contributed by atoms with Crippen LogP contribution in [0.1, 0.15) is 110 Å². The Morgan fingerprint density at radius 3 is 1.74 bits per heavy atom. The van der Waals surface area contributed by atoms with Crippen molar-refractivity contribution in [3.8, 4) is 0 Å². The number of unbranched alkanes of at least 4 members (excludes halogenated alkanes) is 13. The highest BCUT2D eigenvalue weighted by Crippen LogP contribution is 2.33. The summed E-state index contributed by atoms with van der Waals surface area (Å²) in [6.45, 7) is 6.59. The Balaban J connectivity index is 3.64. The third-order valence-electron chi connectivity index (χ3n) is 5.96. The molecule has 2 unspecified atom stereocenters. The van der Waals surface area contributed by atoms with E-state index in [4.69, 9.17) is 13.8 Å². The number of carbonyl (C=O) groups is 1. The maximum Gasteiger partial charge on any atom is 0.330 e. The van der Waals surface area contributed by atoms with E-state index in [2.05, 4.69) is 28.1 Å². The van der Waals surface area contributed by atoms with Gasteiger partial charge in [-0.25, -0.2) is 0 Å². The van der Waals surface area contributed by atoms with E-state index in [9.17, 15) is 9.69 Å². The van der Waals surface area contributed by atoms with Crippen LogP contribution in [0.15, 0.2) is 0 Å². The number of quaternary nitrogens is 1. The molecule has 2 atom stereocenters. The van der Waals surface area contributed by atoms with Crippen LogP contribution in [0.2, 0.25) is 0 Å². The molecule has 1 N–H and O–H groups in total. The van der Waals surface area contributed by atoms with E-state index in [0.717, 1.165) is 24.1 Å². The summed E-state index contributed by atoms with van der Waals surface area (Å²) in [6, 6.07) is 0. The Hall–Kier alpha value is -0.100. The number of ketones is 1. The van der Waals surface area contributed by atoms with Crippen molar-refractivity contribution in [1.29, 1.82) is 0 Å². The van der Waals surface area contributed by atoms with E-state index in [-0.39, 0.29) is 18.3 Å². The lowest BCUT2D eigenvalue weighted by molar-refractivity contribution is -0.870. The molecule has 0 aliphatic carbocycles. The first-order valence-electron chi connectivity index (χ1n) is 13.9. The van der Waals surface area contributed by atoms with Gasteiger partial charge in [0.2, 0.25) is 0 Å². The zero-order valence-corrected chi connectivity index (χ0v) is 24.1. The number of nitrogens with zero attached hydrogens (tertiary/aromatic N) is 1. The van der Waals surface area contributed by atoms with Crippen LogP contribution in [-0.4, -0.2) is 69.3 Å². The minimum Gasteiger partial charge on any atom is -0.381 e. The van der Waals surface area contributed by atoms with Crippen LogP contribution in [0.3, 0.4) is 0 Å². The zero-order valence-electron chi connectivity index (χ0n) is 23.2. The molecule has 7 heteroatoms. The summed E-state index contributed by atoms with van der Waals surface area (Å²) < 4.78 is 17.4. The predicted octanol–water partition coefficient (Wildman–Crippen LogP) is 7.04. The summed E-state index contributed by atoms with van der Waals surface area (Å²) in [5, 5.41) is 0. The molecule has 0 spiro atoms. The molecule has 0 aliphatic rings. The van der Waals surface area contributed by atoms with Gasteiger partial charge in [0.15, 0.2) is 0 Å². The second kappa shape index (κ2) is 23.3. The SMILES string of the molecule is CCCCCCCCCCCCCCCCOCC(COP(O)OCC[N+](C)(C)C)CC(C)=O. The first kappa shape index (κ1) is 33.9. The number of carbonyl (C=O) groups excluding carboxylic acids is 1. The standard InChI is InChI=1S/C27H57NO5P/c1-6-7-8-9-10-11-12-13-14-15-16-17-18-19-21-31-24-27(23-26(2)29)25-33-34(30)32-22-20-28(3,4)5/h27,30H,6-25H2,1-5H3/q+1. The molecule has 0 heterocycles. The molecule has 0 bridgehead atoms. The number of hydrogen-bond donors (Lipinski definition) is 1. The average molecular weight is 507 g/mol. The van der Waals surface area contributed by atoms with E-state index < -0.39 is 8.60 Å². The first-order chi connectivity index (χ1) is 16.2. The second-order valence-corrected chi connectivity index (χ2v) is 11.8. The van der Waals surface area contributed by atoms with Gasteiger partial charge in [-0.05, 0) is 13.3 Å². The Morgan fingerprint density at radius 1 is 0.765 bits per heavy atom. The molecule has 0 aliphatic heterocycles. The van der Waals surface area contributed by atoms with Crippen molar-refractivity contribution < 1.29 is 28.0 Å². The molecule has 0 aromatic rings. The molecule has 0 fully saturated rings. The van der Waals surface area contributed by atoms with Crippen LogP contribution in [0, 0.1) is 5.92 Å². The van der Waals surface area contributed by atoms with Crippen molar-refractivity contribution in [2.24, 2.45) is 5.92 Å². The smallest absolute Gasteiger partial charge is 0.330 e. The van der Waals surface area contributed by atoms with Gasteiger partial charge in [-0.2, -0.15) is 0 Å². The maximum absolute atomic E-state index is 11.6. The van der Waals surface area contributed by atoms with Crippen LogP contribution in [0.4, 0.5) is 0 Å². The molecule has 6 nitrogen and oxygen atoms in total. The van der Waals surface area contributed by atoms with Gasteiger partial charge in [-0.1, -0.05) is 90.4 Å². The summed E-state index contributed by atoms with van der Waals surface area (Å²) in [4.78, 5) is 21.5. The van der Waals surface area contributed by atoms with Gasteiger partial charge in [0, 0.05) is 18.9 Å². The van der Waals surface area contributed by atoms with Crippen molar-refractivity contribution >= 4 is 14.4 Å². The fourth-order valence-electron chi connectivity index (χ4n) is 3.82. The summed E-state index contributed by atoms with van der Waals surface area (Å²) in [6.07, 6.45) is 19.2. The third kappa shape index (κ3) is 26.5. The van der Waals surface area contributed by atoms with Gasteiger partial charge in [-0.3, -0.25) is 0 Å². The molecule has 0 amide bonds. The molecular weight excluding hydrogens is 449 g/mol. The van der Waals surface area contributed by atoms with E-state index in [1.165, 1.54) is 83.5 Å². The normalized spacial score (nSPS) is 13.8. The molecule has 0 saturated carbocycles. The average Bonchev–Trinajstić information content (AvgIpc) is 2.75. The number of hydrogen-bond acceptors (Lipinski definition) is 5. The van der Waals surface area contributed by atoms with Crippen LogP contribution < -0.4 is 0 Å². The second-order valence-electron chi connectivity index (χ2n) is 10.8. The monoisotopic (exact) mass is 506 g/mol. The van der Waals surface area contributed by atoms with Crippen LogP contribution in [-0.2, 0) is 18.6 Å². The van der Waals surface area contributed by atoms with Gasteiger partial charge in [0.05, 0.1) is 34.4 Å². The predicted molar refractivity (Wildman–Crippen MR) is 144 cm³/mol. The fourth-order valence-corrected chi connectivity index (χ4v) is 4.47. The highest BCUT2D eigenvalue weighted by molar-refractivity contribution is 7.40. The highest BCUT2D eigenvalue weighted by Gasteiger charge is 2.17. The summed E-state index contributed by atoms with van der Waals surface area (Å²) in [5.74, 6) is 0.0743. The van der Waals surface area contributed by atoms with E-state index in [0.29, 0.717) is 19.6 Å². The van der Waals surface area contributed by atoms with E-state index in [1.807, 2.05) is 0 Å². The summed E-state index contributed by atoms with van der Waals surface area (Å²) in [7, 11) is 4.31. The van der Waals surface area contributed by atoms with Gasteiger partial charge < -0.3 is 28.0 Å². The van der Waals surface area contributed by atoms with Crippen molar-refractivity contribution in [3.63, 3.8) is 0 Å². The topological polar surface area (TPSA) is 65.0 Å². The van der Waals surface area contributed by atoms with E-state index in [1.54, 1.807) is 6.92 Å². The number of likely N-dealkylation sites (N-methyl/N-ethyl adjacent to an activating group) is 1. The Kier molecular flexibility index (Phi) is 23.2. The molecule has 0 aromatic heterocycles. The van der Waals surface area contributed by atoms with Crippen molar-refractivity contribution in [1.82, 2.24) is 0 Å². The minimum atomic E-state index is -1.91.